The molecular formula is C12H12F3NO5. The summed E-state index contributed by atoms with van der Waals surface area (Å²) in [5.41, 5.74) is -0.651. The summed E-state index contributed by atoms with van der Waals surface area (Å²) in [5, 5.41) is 17.8. The van der Waals surface area contributed by atoms with E-state index < -0.39 is 23.7 Å². The van der Waals surface area contributed by atoms with Crippen LogP contribution in [0.1, 0.15) is 5.56 Å². The molecule has 116 valence electrons. The highest BCUT2D eigenvalue weighted by molar-refractivity contribution is 6.27. The minimum atomic E-state index is -4.28. The first-order valence-corrected chi connectivity index (χ1v) is 5.71. The standard InChI is InChI=1S/C10H10F3NO.C2H2O4/c11-10(12,13)7-1-3-8(4-2-7)15-9-5-14-6-9;3-1(4)2(5)6/h1-4,9,14H,5-6H2;(H,3,4)(H,5,6). The van der Waals surface area contributed by atoms with Crippen molar-refractivity contribution in [3.63, 3.8) is 0 Å². The number of ether oxygens (including phenoxy) is 1. The van der Waals surface area contributed by atoms with Crippen molar-refractivity contribution in [1.29, 1.82) is 0 Å². The number of aliphatic carboxylic acids is 2. The minimum absolute atomic E-state index is 0.0849. The normalized spacial score (nSPS) is 14.4. The fraction of sp³-hybridized carbons (Fsp3) is 0.333. The summed E-state index contributed by atoms with van der Waals surface area (Å²) in [6.07, 6.45) is -4.20. The van der Waals surface area contributed by atoms with Crippen LogP contribution < -0.4 is 10.1 Å². The van der Waals surface area contributed by atoms with Crippen LogP contribution in [0.3, 0.4) is 0 Å². The lowest BCUT2D eigenvalue weighted by Gasteiger charge is -2.27. The van der Waals surface area contributed by atoms with Gasteiger partial charge in [-0.2, -0.15) is 13.2 Å². The van der Waals surface area contributed by atoms with Gasteiger partial charge >= 0.3 is 18.1 Å². The van der Waals surface area contributed by atoms with Crippen LogP contribution in [-0.2, 0) is 15.8 Å². The van der Waals surface area contributed by atoms with E-state index in [1.165, 1.54) is 12.1 Å². The van der Waals surface area contributed by atoms with Gasteiger partial charge in [-0.3, -0.25) is 0 Å². The number of carboxylic acid groups (broad SMARTS) is 2. The number of hydrogen-bond acceptors (Lipinski definition) is 4. The van der Waals surface area contributed by atoms with Gasteiger partial charge in [0.15, 0.2) is 0 Å². The number of alkyl halides is 3. The maximum atomic E-state index is 12.2. The SMILES string of the molecule is FC(F)(F)c1ccc(OC2CNC2)cc1.O=C(O)C(=O)O. The Morgan fingerprint density at radius 2 is 1.57 bits per heavy atom. The molecule has 1 aliphatic rings. The predicted molar refractivity (Wildman–Crippen MR) is 64.0 cm³/mol. The predicted octanol–water partition coefficient (Wildman–Crippen LogP) is 1.21. The number of carbonyl (C=O) groups is 2. The van der Waals surface area contributed by atoms with E-state index in [9.17, 15) is 13.2 Å². The molecule has 21 heavy (non-hydrogen) atoms. The molecule has 0 bridgehead atoms. The van der Waals surface area contributed by atoms with Crippen LogP contribution in [0, 0.1) is 0 Å². The maximum Gasteiger partial charge on any atom is 0.416 e. The van der Waals surface area contributed by atoms with E-state index in [-0.39, 0.29) is 6.10 Å². The third-order valence-corrected chi connectivity index (χ3v) is 2.41. The second kappa shape index (κ2) is 6.93. The first-order chi connectivity index (χ1) is 9.70. The van der Waals surface area contributed by atoms with Gasteiger partial charge in [0.1, 0.15) is 11.9 Å². The van der Waals surface area contributed by atoms with Crippen molar-refractivity contribution in [2.75, 3.05) is 13.1 Å². The van der Waals surface area contributed by atoms with Crippen molar-refractivity contribution in [2.45, 2.75) is 12.3 Å². The first kappa shape index (κ1) is 16.8. The number of carboxylic acids is 2. The van der Waals surface area contributed by atoms with E-state index in [1.54, 1.807) is 0 Å². The van der Waals surface area contributed by atoms with Gasteiger partial charge in [0.25, 0.3) is 0 Å². The summed E-state index contributed by atoms with van der Waals surface area (Å²) in [5.74, 6) is -3.17. The minimum Gasteiger partial charge on any atom is -0.488 e. The molecule has 0 spiro atoms. The van der Waals surface area contributed by atoms with Crippen LogP contribution in [0.2, 0.25) is 0 Å². The van der Waals surface area contributed by atoms with Gasteiger partial charge in [-0.15, -0.1) is 0 Å². The molecule has 0 aliphatic carbocycles. The molecule has 6 nitrogen and oxygen atoms in total. The molecule has 3 N–H and O–H groups in total. The maximum absolute atomic E-state index is 12.2. The molecule has 0 aromatic heterocycles. The third kappa shape index (κ3) is 5.69. The van der Waals surface area contributed by atoms with Crippen LogP contribution in [0.25, 0.3) is 0 Å². The van der Waals surface area contributed by atoms with Crippen LogP contribution in [0.5, 0.6) is 5.75 Å². The molecule has 1 aromatic rings. The zero-order valence-corrected chi connectivity index (χ0v) is 10.6. The highest BCUT2D eigenvalue weighted by Crippen LogP contribution is 2.30. The highest BCUT2D eigenvalue weighted by atomic mass is 19.4. The van der Waals surface area contributed by atoms with E-state index in [1.807, 2.05) is 0 Å². The Balaban J connectivity index is 0.000000315. The molecule has 1 aliphatic heterocycles. The molecule has 0 radical (unpaired) electrons. The lowest BCUT2D eigenvalue weighted by atomic mass is 10.2. The molecule has 1 aromatic carbocycles. The topological polar surface area (TPSA) is 95.9 Å². The molecule has 0 amide bonds. The molecule has 0 atom stereocenters. The first-order valence-electron chi connectivity index (χ1n) is 5.71. The molecule has 2 rings (SSSR count). The molecule has 0 saturated carbocycles. The fourth-order valence-corrected chi connectivity index (χ4v) is 1.26. The molecule has 9 heteroatoms. The quantitative estimate of drug-likeness (QED) is 0.711. The molecular weight excluding hydrogens is 295 g/mol. The summed E-state index contributed by atoms with van der Waals surface area (Å²) >= 11 is 0. The Bertz CT molecular complexity index is 485. The number of halogens is 3. The monoisotopic (exact) mass is 307 g/mol. The largest absolute Gasteiger partial charge is 0.488 e. The Morgan fingerprint density at radius 3 is 1.86 bits per heavy atom. The van der Waals surface area contributed by atoms with Gasteiger partial charge in [-0.05, 0) is 24.3 Å². The average Bonchev–Trinajstić information content (AvgIpc) is 2.34. The van der Waals surface area contributed by atoms with Crippen molar-refractivity contribution < 1.29 is 37.7 Å². The van der Waals surface area contributed by atoms with Crippen LogP contribution in [0.4, 0.5) is 13.2 Å². The van der Waals surface area contributed by atoms with Crippen molar-refractivity contribution in [3.8, 4) is 5.75 Å². The Morgan fingerprint density at radius 1 is 1.10 bits per heavy atom. The highest BCUT2D eigenvalue weighted by Gasteiger charge is 2.30. The van der Waals surface area contributed by atoms with Gasteiger partial charge in [0, 0.05) is 13.1 Å². The summed E-state index contributed by atoms with van der Waals surface area (Å²) in [4.78, 5) is 18.2. The number of rotatable bonds is 2. The van der Waals surface area contributed by atoms with Crippen molar-refractivity contribution in [1.82, 2.24) is 5.32 Å². The van der Waals surface area contributed by atoms with Crippen LogP contribution >= 0.6 is 0 Å². The van der Waals surface area contributed by atoms with E-state index in [4.69, 9.17) is 24.5 Å². The molecule has 1 heterocycles. The van der Waals surface area contributed by atoms with Gasteiger partial charge in [-0.1, -0.05) is 0 Å². The Kier molecular flexibility index (Phi) is 5.53. The van der Waals surface area contributed by atoms with Gasteiger partial charge in [0.2, 0.25) is 0 Å². The van der Waals surface area contributed by atoms with Gasteiger partial charge in [-0.25, -0.2) is 9.59 Å². The van der Waals surface area contributed by atoms with E-state index in [2.05, 4.69) is 5.32 Å². The number of nitrogens with one attached hydrogen (secondary N) is 1. The molecule has 0 unspecified atom stereocenters. The lowest BCUT2D eigenvalue weighted by Crippen LogP contribution is -2.50. The van der Waals surface area contributed by atoms with E-state index in [0.29, 0.717) is 5.75 Å². The zero-order valence-electron chi connectivity index (χ0n) is 10.6. The van der Waals surface area contributed by atoms with E-state index >= 15 is 0 Å². The third-order valence-electron chi connectivity index (χ3n) is 2.41. The second-order valence-electron chi connectivity index (χ2n) is 4.03. The van der Waals surface area contributed by atoms with Crippen LogP contribution in [0.15, 0.2) is 24.3 Å². The van der Waals surface area contributed by atoms with Crippen LogP contribution in [-0.4, -0.2) is 41.3 Å². The Hall–Kier alpha value is -2.29. The molecule has 1 fully saturated rings. The fourth-order valence-electron chi connectivity index (χ4n) is 1.26. The smallest absolute Gasteiger partial charge is 0.416 e. The molecule has 1 saturated heterocycles. The summed E-state index contributed by atoms with van der Waals surface area (Å²) in [6.45, 7) is 1.50. The van der Waals surface area contributed by atoms with E-state index in [0.717, 1.165) is 25.2 Å². The Labute approximate surface area is 117 Å². The van der Waals surface area contributed by atoms with Crippen molar-refractivity contribution in [3.05, 3.63) is 29.8 Å². The summed E-state index contributed by atoms with van der Waals surface area (Å²) in [7, 11) is 0. The average molecular weight is 307 g/mol. The summed E-state index contributed by atoms with van der Waals surface area (Å²) in [6, 6.07) is 4.76. The summed E-state index contributed by atoms with van der Waals surface area (Å²) < 4.78 is 42.0. The lowest BCUT2D eigenvalue weighted by molar-refractivity contribution is -0.159. The number of benzene rings is 1. The zero-order chi connectivity index (χ0) is 16.0. The van der Waals surface area contributed by atoms with Crippen molar-refractivity contribution in [2.24, 2.45) is 0 Å². The van der Waals surface area contributed by atoms with Gasteiger partial charge in [0.05, 0.1) is 5.56 Å². The number of hydrogen-bond donors (Lipinski definition) is 3. The van der Waals surface area contributed by atoms with Gasteiger partial charge < -0.3 is 20.3 Å². The second-order valence-corrected chi connectivity index (χ2v) is 4.03. The van der Waals surface area contributed by atoms with Crippen molar-refractivity contribution >= 4 is 11.9 Å².